The Bertz CT molecular complexity index is 932. The van der Waals surface area contributed by atoms with Crippen LogP contribution in [0.15, 0.2) is 41.0 Å². The SMILES string of the molecule is O=C1CCC(n2c3cccc(Br)c3c3cccnc32)C(=O)N1. The molecular weight excluding hydrogens is 346 g/mol. The van der Waals surface area contributed by atoms with E-state index in [0.717, 1.165) is 26.4 Å². The van der Waals surface area contributed by atoms with Crippen molar-refractivity contribution in [1.29, 1.82) is 0 Å². The second-order valence-corrected chi connectivity index (χ2v) is 6.20. The third-order valence-corrected chi connectivity index (χ3v) is 4.72. The van der Waals surface area contributed by atoms with Crippen molar-refractivity contribution in [2.75, 3.05) is 0 Å². The molecule has 5 nitrogen and oxygen atoms in total. The number of carbonyl (C=O) groups is 2. The van der Waals surface area contributed by atoms with Crippen molar-refractivity contribution in [3.05, 3.63) is 41.0 Å². The van der Waals surface area contributed by atoms with E-state index in [-0.39, 0.29) is 11.8 Å². The Morgan fingerprint density at radius 2 is 2.09 bits per heavy atom. The van der Waals surface area contributed by atoms with Crippen LogP contribution >= 0.6 is 15.9 Å². The Labute approximate surface area is 134 Å². The Hall–Kier alpha value is -2.21. The van der Waals surface area contributed by atoms with Crippen LogP contribution in [0, 0.1) is 0 Å². The number of hydrogen-bond donors (Lipinski definition) is 1. The van der Waals surface area contributed by atoms with Crippen molar-refractivity contribution in [3.8, 4) is 0 Å². The van der Waals surface area contributed by atoms with Gasteiger partial charge < -0.3 is 4.57 Å². The van der Waals surface area contributed by atoms with Crippen LogP contribution in [0.5, 0.6) is 0 Å². The summed E-state index contributed by atoms with van der Waals surface area (Å²) in [6.07, 6.45) is 2.56. The van der Waals surface area contributed by atoms with Gasteiger partial charge in [-0.2, -0.15) is 0 Å². The van der Waals surface area contributed by atoms with Crippen LogP contribution in [0.3, 0.4) is 0 Å². The number of hydrogen-bond acceptors (Lipinski definition) is 3. The molecule has 1 aliphatic heterocycles. The zero-order valence-corrected chi connectivity index (χ0v) is 13.1. The molecule has 1 fully saturated rings. The number of rotatable bonds is 1. The molecular formula is C16H12BrN3O2. The molecule has 0 spiro atoms. The van der Waals surface area contributed by atoms with E-state index in [1.54, 1.807) is 6.20 Å². The van der Waals surface area contributed by atoms with Crippen LogP contribution in [-0.2, 0) is 9.59 Å². The summed E-state index contributed by atoms with van der Waals surface area (Å²) < 4.78 is 2.91. The second-order valence-electron chi connectivity index (χ2n) is 5.35. The number of aromatic nitrogens is 2. The molecule has 6 heteroatoms. The Balaban J connectivity index is 2.05. The van der Waals surface area contributed by atoms with Gasteiger partial charge in [-0.05, 0) is 30.7 Å². The van der Waals surface area contributed by atoms with Gasteiger partial charge in [-0.25, -0.2) is 4.98 Å². The van der Waals surface area contributed by atoms with Gasteiger partial charge in [0.05, 0.1) is 5.52 Å². The summed E-state index contributed by atoms with van der Waals surface area (Å²) >= 11 is 3.58. The molecule has 110 valence electrons. The number of carbonyl (C=O) groups excluding carboxylic acids is 2. The number of fused-ring (bicyclic) bond motifs is 3. The molecule has 1 N–H and O–H groups in total. The van der Waals surface area contributed by atoms with E-state index < -0.39 is 6.04 Å². The molecule has 2 amide bonds. The molecule has 3 heterocycles. The van der Waals surface area contributed by atoms with Crippen LogP contribution in [0.1, 0.15) is 18.9 Å². The number of piperidine rings is 1. The minimum Gasteiger partial charge on any atom is -0.313 e. The third-order valence-electron chi connectivity index (χ3n) is 4.06. The van der Waals surface area contributed by atoms with Gasteiger partial charge in [-0.3, -0.25) is 14.9 Å². The average Bonchev–Trinajstić information content (AvgIpc) is 2.83. The van der Waals surface area contributed by atoms with E-state index in [1.165, 1.54) is 0 Å². The minimum atomic E-state index is -0.415. The predicted molar refractivity (Wildman–Crippen MR) is 86.4 cm³/mol. The first-order valence-electron chi connectivity index (χ1n) is 7.03. The van der Waals surface area contributed by atoms with E-state index in [2.05, 4.69) is 26.2 Å². The van der Waals surface area contributed by atoms with Crippen molar-refractivity contribution in [1.82, 2.24) is 14.9 Å². The Morgan fingerprint density at radius 1 is 1.23 bits per heavy atom. The molecule has 1 unspecified atom stereocenters. The molecule has 0 radical (unpaired) electrons. The number of imide groups is 1. The molecule has 0 saturated carbocycles. The zero-order valence-electron chi connectivity index (χ0n) is 11.5. The first-order valence-corrected chi connectivity index (χ1v) is 7.83. The van der Waals surface area contributed by atoms with Crippen molar-refractivity contribution in [2.45, 2.75) is 18.9 Å². The number of amides is 2. The summed E-state index contributed by atoms with van der Waals surface area (Å²) in [5, 5.41) is 4.46. The summed E-state index contributed by atoms with van der Waals surface area (Å²) in [7, 11) is 0. The normalized spacial score (nSPS) is 18.9. The van der Waals surface area contributed by atoms with Gasteiger partial charge in [0.2, 0.25) is 11.8 Å². The summed E-state index contributed by atoms with van der Waals surface area (Å²) in [5.41, 5.74) is 1.71. The van der Waals surface area contributed by atoms with Crippen molar-refractivity contribution < 1.29 is 9.59 Å². The molecule has 1 atom stereocenters. The van der Waals surface area contributed by atoms with Gasteiger partial charge in [0.25, 0.3) is 0 Å². The molecule has 0 aliphatic carbocycles. The predicted octanol–water partition coefficient (Wildman–Crippen LogP) is 2.93. The molecule has 2 aromatic heterocycles. The third kappa shape index (κ3) is 1.87. The Morgan fingerprint density at radius 3 is 2.91 bits per heavy atom. The highest BCUT2D eigenvalue weighted by molar-refractivity contribution is 9.10. The first-order chi connectivity index (χ1) is 10.7. The lowest BCUT2D eigenvalue weighted by Crippen LogP contribution is -2.41. The summed E-state index contributed by atoms with van der Waals surface area (Å²) in [6.45, 7) is 0. The average molecular weight is 358 g/mol. The van der Waals surface area contributed by atoms with Crippen molar-refractivity contribution in [3.63, 3.8) is 0 Å². The van der Waals surface area contributed by atoms with Gasteiger partial charge in [-0.15, -0.1) is 0 Å². The highest BCUT2D eigenvalue weighted by atomic mass is 79.9. The lowest BCUT2D eigenvalue weighted by atomic mass is 10.1. The lowest BCUT2D eigenvalue weighted by Gasteiger charge is -2.23. The number of nitrogens with zero attached hydrogens (tertiary/aromatic N) is 2. The fraction of sp³-hybridized carbons (Fsp3) is 0.188. The number of pyridine rings is 1. The van der Waals surface area contributed by atoms with E-state index in [0.29, 0.717) is 12.8 Å². The first kappa shape index (κ1) is 13.5. The van der Waals surface area contributed by atoms with Gasteiger partial charge in [0, 0.05) is 27.9 Å². The van der Waals surface area contributed by atoms with E-state index >= 15 is 0 Å². The van der Waals surface area contributed by atoms with E-state index in [1.807, 2.05) is 34.9 Å². The van der Waals surface area contributed by atoms with E-state index in [4.69, 9.17) is 0 Å². The summed E-state index contributed by atoms with van der Waals surface area (Å²) in [4.78, 5) is 28.2. The van der Waals surface area contributed by atoms with Gasteiger partial charge in [0.1, 0.15) is 11.7 Å². The number of nitrogens with one attached hydrogen (secondary N) is 1. The zero-order chi connectivity index (χ0) is 15.3. The highest BCUT2D eigenvalue weighted by Crippen LogP contribution is 2.36. The lowest BCUT2D eigenvalue weighted by molar-refractivity contribution is -0.135. The summed E-state index contributed by atoms with van der Waals surface area (Å²) in [5.74, 6) is -0.475. The topological polar surface area (TPSA) is 64.0 Å². The largest absolute Gasteiger partial charge is 0.313 e. The molecule has 3 aromatic rings. The van der Waals surface area contributed by atoms with Crippen molar-refractivity contribution >= 4 is 49.7 Å². The standard InChI is InChI=1S/C16H12BrN3O2/c17-10-4-1-5-11-14(10)9-3-2-8-18-15(9)20(11)12-6-7-13(21)19-16(12)22/h1-5,8,12H,6-7H2,(H,19,21,22). The van der Waals surface area contributed by atoms with Gasteiger partial charge in [0.15, 0.2) is 0 Å². The smallest absolute Gasteiger partial charge is 0.249 e. The Kier molecular flexibility index (Phi) is 3.00. The molecule has 1 aromatic carbocycles. The molecule has 1 saturated heterocycles. The van der Waals surface area contributed by atoms with Gasteiger partial charge in [-0.1, -0.05) is 22.0 Å². The maximum absolute atomic E-state index is 12.3. The monoisotopic (exact) mass is 357 g/mol. The maximum atomic E-state index is 12.3. The van der Waals surface area contributed by atoms with Crippen LogP contribution in [0.4, 0.5) is 0 Å². The van der Waals surface area contributed by atoms with Crippen LogP contribution < -0.4 is 5.32 Å². The molecule has 4 rings (SSSR count). The fourth-order valence-corrected chi connectivity index (χ4v) is 3.69. The van der Waals surface area contributed by atoms with Crippen LogP contribution in [0.25, 0.3) is 21.9 Å². The van der Waals surface area contributed by atoms with Crippen molar-refractivity contribution in [2.24, 2.45) is 0 Å². The summed E-state index contributed by atoms with van der Waals surface area (Å²) in [6, 6.07) is 9.36. The minimum absolute atomic E-state index is 0.212. The number of benzene rings is 1. The highest BCUT2D eigenvalue weighted by Gasteiger charge is 2.31. The molecule has 0 bridgehead atoms. The maximum Gasteiger partial charge on any atom is 0.249 e. The van der Waals surface area contributed by atoms with Gasteiger partial charge >= 0.3 is 0 Å². The van der Waals surface area contributed by atoms with Crippen LogP contribution in [-0.4, -0.2) is 21.4 Å². The van der Waals surface area contributed by atoms with E-state index in [9.17, 15) is 9.59 Å². The van der Waals surface area contributed by atoms with Crippen LogP contribution in [0.2, 0.25) is 0 Å². The number of halogens is 1. The molecule has 22 heavy (non-hydrogen) atoms. The second kappa shape index (κ2) is 4.91. The fourth-order valence-electron chi connectivity index (χ4n) is 3.12. The molecule has 1 aliphatic rings. The quantitative estimate of drug-likeness (QED) is 0.681.